The summed E-state index contributed by atoms with van der Waals surface area (Å²) >= 11 is 0. The van der Waals surface area contributed by atoms with Gasteiger partial charge in [0.05, 0.1) is 14.2 Å². The Balaban J connectivity index is 1.86. The fourth-order valence-electron chi connectivity index (χ4n) is 3.09. The highest BCUT2D eigenvalue weighted by Gasteiger charge is 2.30. The van der Waals surface area contributed by atoms with E-state index in [9.17, 15) is 13.2 Å². The maximum Gasteiger partial charge on any atom is 0.277 e. The molecule has 0 bridgehead atoms. The first-order valence-corrected chi connectivity index (χ1v) is 10.5. The van der Waals surface area contributed by atoms with Gasteiger partial charge in [0.2, 0.25) is 5.91 Å². The van der Waals surface area contributed by atoms with E-state index in [4.69, 9.17) is 9.47 Å². The molecule has 1 aromatic rings. The molecule has 1 aromatic carbocycles. The average Bonchev–Trinajstić information content (AvgIpc) is 2.97. The largest absolute Gasteiger partial charge is 0.493 e. The van der Waals surface area contributed by atoms with Crippen molar-refractivity contribution in [3.63, 3.8) is 0 Å². The molecule has 2 rings (SSSR count). The van der Waals surface area contributed by atoms with Gasteiger partial charge in [-0.25, -0.2) is 4.72 Å². The lowest BCUT2D eigenvalue weighted by molar-refractivity contribution is -0.127. The van der Waals surface area contributed by atoms with Crippen molar-refractivity contribution in [1.82, 2.24) is 14.3 Å². The van der Waals surface area contributed by atoms with Crippen molar-refractivity contribution in [2.45, 2.75) is 32.7 Å². The van der Waals surface area contributed by atoms with E-state index < -0.39 is 10.2 Å². The van der Waals surface area contributed by atoms with Crippen LogP contribution in [-0.4, -0.2) is 59.1 Å². The number of nitrogens with zero attached hydrogens (tertiary/aromatic N) is 1. The lowest BCUT2D eigenvalue weighted by Gasteiger charge is -2.18. The summed E-state index contributed by atoms with van der Waals surface area (Å²) in [6.45, 7) is 4.90. The van der Waals surface area contributed by atoms with Gasteiger partial charge in [0, 0.05) is 32.1 Å². The van der Waals surface area contributed by atoms with Gasteiger partial charge >= 0.3 is 0 Å². The molecule has 27 heavy (non-hydrogen) atoms. The van der Waals surface area contributed by atoms with Crippen LogP contribution < -0.4 is 18.9 Å². The van der Waals surface area contributed by atoms with Gasteiger partial charge in [-0.2, -0.15) is 13.1 Å². The number of methoxy groups -OCH3 is 2. The summed E-state index contributed by atoms with van der Waals surface area (Å²) in [5.41, 5.74) is 1.05. The van der Waals surface area contributed by atoms with E-state index in [0.717, 1.165) is 5.56 Å². The second kappa shape index (κ2) is 9.38. The number of likely N-dealkylation sites (tertiary alicyclic amines) is 1. The number of hydrogen-bond donors (Lipinski definition) is 2. The van der Waals surface area contributed by atoms with Crippen LogP contribution in [0.2, 0.25) is 0 Å². The lowest BCUT2D eigenvalue weighted by Crippen LogP contribution is -2.42. The van der Waals surface area contributed by atoms with Crippen LogP contribution in [0.4, 0.5) is 0 Å². The molecular formula is C18H29N3O5S. The van der Waals surface area contributed by atoms with E-state index in [1.54, 1.807) is 33.0 Å². The molecule has 1 fully saturated rings. The van der Waals surface area contributed by atoms with Crippen LogP contribution in [-0.2, 0) is 21.4 Å². The van der Waals surface area contributed by atoms with Crippen LogP contribution in [0.25, 0.3) is 0 Å². The molecule has 1 amide bonds. The zero-order valence-electron chi connectivity index (χ0n) is 16.3. The Morgan fingerprint density at radius 1 is 1.22 bits per heavy atom. The van der Waals surface area contributed by atoms with Crippen molar-refractivity contribution in [2.24, 2.45) is 5.92 Å². The number of benzene rings is 1. The topological polar surface area (TPSA) is 97.0 Å². The molecule has 2 N–H and O–H groups in total. The summed E-state index contributed by atoms with van der Waals surface area (Å²) in [4.78, 5) is 14.0. The molecule has 1 atom stereocenters. The average molecular weight is 400 g/mol. The van der Waals surface area contributed by atoms with E-state index in [-0.39, 0.29) is 24.4 Å². The monoisotopic (exact) mass is 399 g/mol. The molecule has 1 unspecified atom stereocenters. The minimum atomic E-state index is -3.53. The number of carbonyl (C=O) groups is 1. The van der Waals surface area contributed by atoms with Crippen molar-refractivity contribution in [2.75, 3.05) is 33.9 Å². The highest BCUT2D eigenvalue weighted by Crippen LogP contribution is 2.28. The summed E-state index contributed by atoms with van der Waals surface area (Å²) < 4.78 is 39.2. The van der Waals surface area contributed by atoms with Crippen LogP contribution in [0, 0.1) is 5.92 Å². The van der Waals surface area contributed by atoms with Gasteiger partial charge in [-0.3, -0.25) is 4.79 Å². The summed E-state index contributed by atoms with van der Waals surface area (Å²) in [6.07, 6.45) is 1.05. The third kappa shape index (κ3) is 6.37. The van der Waals surface area contributed by atoms with Crippen LogP contribution in [0.5, 0.6) is 11.5 Å². The summed E-state index contributed by atoms with van der Waals surface area (Å²) in [5.74, 6) is 1.36. The van der Waals surface area contributed by atoms with Crippen molar-refractivity contribution >= 4 is 16.1 Å². The minimum Gasteiger partial charge on any atom is -0.493 e. The van der Waals surface area contributed by atoms with Gasteiger partial charge in [0.15, 0.2) is 11.5 Å². The molecule has 152 valence electrons. The Bertz CT molecular complexity index is 751. The van der Waals surface area contributed by atoms with Crippen LogP contribution in [0.1, 0.15) is 25.8 Å². The van der Waals surface area contributed by atoms with Gasteiger partial charge in [-0.1, -0.05) is 6.07 Å². The predicted molar refractivity (Wildman–Crippen MR) is 103 cm³/mol. The molecular weight excluding hydrogens is 370 g/mol. The zero-order chi connectivity index (χ0) is 20.0. The third-order valence-electron chi connectivity index (χ3n) is 4.37. The second-order valence-electron chi connectivity index (χ2n) is 6.97. The van der Waals surface area contributed by atoms with Gasteiger partial charge in [0.25, 0.3) is 10.2 Å². The maximum absolute atomic E-state index is 12.2. The number of amides is 1. The van der Waals surface area contributed by atoms with E-state index in [1.807, 2.05) is 18.2 Å². The standard InChI is InChI=1S/C18H29N3O5S/c1-13(2)20-27(23,24)19-11-15-10-18(22)21(12-15)8-7-14-5-6-16(25-3)17(9-14)26-4/h5-6,9,13,15,19-20H,7-8,10-12H2,1-4H3. The quantitative estimate of drug-likeness (QED) is 0.610. The number of ether oxygens (including phenoxy) is 2. The van der Waals surface area contributed by atoms with Gasteiger partial charge < -0.3 is 14.4 Å². The summed E-state index contributed by atoms with van der Waals surface area (Å²) in [6, 6.07) is 5.53. The fraction of sp³-hybridized carbons (Fsp3) is 0.611. The molecule has 1 saturated heterocycles. The van der Waals surface area contributed by atoms with Crippen LogP contribution in [0.3, 0.4) is 0 Å². The molecule has 8 nitrogen and oxygen atoms in total. The zero-order valence-corrected chi connectivity index (χ0v) is 17.1. The first-order chi connectivity index (χ1) is 12.7. The Morgan fingerprint density at radius 3 is 2.56 bits per heavy atom. The Labute approximate surface area is 161 Å². The Hall–Kier alpha value is -1.84. The van der Waals surface area contributed by atoms with Crippen LogP contribution in [0.15, 0.2) is 18.2 Å². The van der Waals surface area contributed by atoms with Gasteiger partial charge in [-0.15, -0.1) is 0 Å². The van der Waals surface area contributed by atoms with Crippen LogP contribution >= 0.6 is 0 Å². The maximum atomic E-state index is 12.2. The molecule has 1 heterocycles. The number of hydrogen-bond acceptors (Lipinski definition) is 5. The van der Waals surface area contributed by atoms with E-state index >= 15 is 0 Å². The van der Waals surface area contributed by atoms with E-state index in [0.29, 0.717) is 37.4 Å². The van der Waals surface area contributed by atoms with Crippen molar-refractivity contribution in [3.05, 3.63) is 23.8 Å². The fourth-order valence-corrected chi connectivity index (χ4v) is 4.25. The van der Waals surface area contributed by atoms with Crippen molar-refractivity contribution < 1.29 is 22.7 Å². The molecule has 0 saturated carbocycles. The molecule has 0 spiro atoms. The summed E-state index contributed by atoms with van der Waals surface area (Å²) in [7, 11) is -0.351. The SMILES string of the molecule is COc1ccc(CCN2CC(CNS(=O)(=O)NC(C)C)CC2=O)cc1OC. The highest BCUT2D eigenvalue weighted by molar-refractivity contribution is 7.87. The predicted octanol–water partition coefficient (Wildman–Crippen LogP) is 0.927. The van der Waals surface area contributed by atoms with Gasteiger partial charge in [0.1, 0.15) is 0 Å². The lowest BCUT2D eigenvalue weighted by atomic mass is 10.1. The molecule has 1 aliphatic rings. The minimum absolute atomic E-state index is 0.0216. The molecule has 9 heteroatoms. The molecule has 0 radical (unpaired) electrons. The summed E-state index contributed by atoms with van der Waals surface area (Å²) in [5, 5.41) is 0. The molecule has 0 aliphatic carbocycles. The van der Waals surface area contributed by atoms with Crippen molar-refractivity contribution in [1.29, 1.82) is 0 Å². The Kier molecular flexibility index (Phi) is 7.46. The first kappa shape index (κ1) is 21.5. The molecule has 0 aromatic heterocycles. The number of rotatable bonds is 10. The number of nitrogens with one attached hydrogen (secondary N) is 2. The van der Waals surface area contributed by atoms with Gasteiger partial charge in [-0.05, 0) is 43.9 Å². The molecule has 1 aliphatic heterocycles. The highest BCUT2D eigenvalue weighted by atomic mass is 32.2. The normalized spacial score (nSPS) is 17.6. The Morgan fingerprint density at radius 2 is 1.93 bits per heavy atom. The third-order valence-corrected chi connectivity index (χ3v) is 5.69. The first-order valence-electron chi connectivity index (χ1n) is 8.99. The van der Waals surface area contributed by atoms with E-state index in [2.05, 4.69) is 9.44 Å². The second-order valence-corrected chi connectivity index (χ2v) is 8.50. The number of carbonyl (C=O) groups excluding carboxylic acids is 1. The van der Waals surface area contributed by atoms with E-state index in [1.165, 1.54) is 0 Å². The van der Waals surface area contributed by atoms with Crippen molar-refractivity contribution in [3.8, 4) is 11.5 Å². The smallest absolute Gasteiger partial charge is 0.277 e.